The van der Waals surface area contributed by atoms with Crippen LogP contribution in [0.2, 0.25) is 0 Å². The first-order valence-corrected chi connectivity index (χ1v) is 6.45. The van der Waals surface area contributed by atoms with E-state index in [0.717, 1.165) is 0 Å². The Morgan fingerprint density at radius 1 is 1.53 bits per heavy atom. The third-order valence-electron chi connectivity index (χ3n) is 3.10. The molecule has 5 heteroatoms. The number of carbonyl (C=O) groups is 2. The fourth-order valence-corrected chi connectivity index (χ4v) is 2.34. The molecule has 0 saturated carbocycles. The molecule has 1 fully saturated rings. The molecule has 1 aliphatic rings. The van der Waals surface area contributed by atoms with Crippen molar-refractivity contribution in [3.05, 3.63) is 0 Å². The van der Waals surface area contributed by atoms with Crippen LogP contribution in [0.3, 0.4) is 0 Å². The highest BCUT2D eigenvalue weighted by Gasteiger charge is 2.44. The number of aliphatic carboxylic acids is 1. The van der Waals surface area contributed by atoms with Gasteiger partial charge in [0.15, 0.2) is 0 Å². The van der Waals surface area contributed by atoms with E-state index in [1.165, 1.54) is 11.8 Å². The highest BCUT2D eigenvalue weighted by atomic mass is 32.2. The second-order valence-corrected chi connectivity index (χ2v) is 4.80. The van der Waals surface area contributed by atoms with E-state index in [-0.39, 0.29) is 5.91 Å². The Morgan fingerprint density at radius 2 is 2.20 bits per heavy atom. The Bertz CT molecular complexity index is 269. The maximum absolute atomic E-state index is 11.6. The predicted octanol–water partition coefficient (Wildman–Crippen LogP) is 1.06. The van der Waals surface area contributed by atoms with Crippen molar-refractivity contribution < 1.29 is 14.7 Å². The molecule has 1 heterocycles. The van der Waals surface area contributed by atoms with Gasteiger partial charge in [-0.2, -0.15) is 11.8 Å². The van der Waals surface area contributed by atoms with Gasteiger partial charge >= 0.3 is 5.97 Å². The molecule has 1 rings (SSSR count). The maximum Gasteiger partial charge on any atom is 0.311 e. The zero-order valence-corrected chi connectivity index (χ0v) is 9.97. The number of thioether (sulfide) groups is 1. The third-order valence-corrected chi connectivity index (χ3v) is 3.64. The second-order valence-electron chi connectivity index (χ2n) is 3.94. The summed E-state index contributed by atoms with van der Waals surface area (Å²) in [5.41, 5.74) is -0.700. The summed E-state index contributed by atoms with van der Waals surface area (Å²) in [5, 5.41) is 9.15. The molecule has 0 aliphatic carbocycles. The average molecular weight is 231 g/mol. The van der Waals surface area contributed by atoms with Crippen LogP contribution in [0.1, 0.15) is 19.8 Å². The van der Waals surface area contributed by atoms with Crippen LogP contribution in [0.5, 0.6) is 0 Å². The van der Waals surface area contributed by atoms with Crippen LogP contribution >= 0.6 is 11.8 Å². The van der Waals surface area contributed by atoms with Crippen molar-refractivity contribution >= 4 is 23.6 Å². The highest BCUT2D eigenvalue weighted by Crippen LogP contribution is 2.34. The Hall–Kier alpha value is -0.710. The molecule has 86 valence electrons. The number of likely N-dealkylation sites (tertiary alicyclic amines) is 1. The molecule has 0 bridgehead atoms. The first-order valence-electron chi connectivity index (χ1n) is 5.06. The molecule has 0 aromatic rings. The summed E-state index contributed by atoms with van der Waals surface area (Å²) in [6.45, 7) is 2.83. The number of hydrogen-bond acceptors (Lipinski definition) is 3. The van der Waals surface area contributed by atoms with Crippen molar-refractivity contribution in [1.82, 2.24) is 4.90 Å². The summed E-state index contributed by atoms with van der Waals surface area (Å²) in [5.74, 6) is -0.275. The molecule has 1 atom stereocenters. The number of carbonyl (C=O) groups excluding carboxylic acids is 1. The SMILES string of the molecule is CCC1(C(=O)O)CCN(C(=O)CSC)C1. The molecule has 0 aromatic carbocycles. The molecule has 0 spiro atoms. The lowest BCUT2D eigenvalue weighted by Gasteiger charge is -2.22. The van der Waals surface area contributed by atoms with Crippen LogP contribution in [-0.4, -0.2) is 47.0 Å². The van der Waals surface area contributed by atoms with Crippen molar-refractivity contribution in [2.75, 3.05) is 25.1 Å². The zero-order chi connectivity index (χ0) is 11.5. The molecule has 1 aliphatic heterocycles. The molecule has 1 unspecified atom stereocenters. The number of carboxylic acid groups (broad SMARTS) is 1. The van der Waals surface area contributed by atoms with Gasteiger partial charge in [-0.05, 0) is 19.1 Å². The lowest BCUT2D eigenvalue weighted by Crippen LogP contribution is -2.37. The van der Waals surface area contributed by atoms with Gasteiger partial charge in [-0.3, -0.25) is 9.59 Å². The number of amides is 1. The normalized spacial score (nSPS) is 25.6. The van der Waals surface area contributed by atoms with Gasteiger partial charge in [-0.1, -0.05) is 6.92 Å². The van der Waals surface area contributed by atoms with Crippen molar-refractivity contribution in [3.63, 3.8) is 0 Å². The summed E-state index contributed by atoms with van der Waals surface area (Å²) < 4.78 is 0. The van der Waals surface area contributed by atoms with Crippen LogP contribution in [0.15, 0.2) is 0 Å². The molecule has 4 nitrogen and oxygen atoms in total. The Balaban J connectivity index is 2.64. The lowest BCUT2D eigenvalue weighted by molar-refractivity contribution is -0.148. The van der Waals surface area contributed by atoms with E-state index < -0.39 is 11.4 Å². The number of carboxylic acids is 1. The van der Waals surface area contributed by atoms with Crippen molar-refractivity contribution in [1.29, 1.82) is 0 Å². The molecule has 15 heavy (non-hydrogen) atoms. The van der Waals surface area contributed by atoms with Gasteiger partial charge in [-0.25, -0.2) is 0 Å². The van der Waals surface area contributed by atoms with E-state index >= 15 is 0 Å². The summed E-state index contributed by atoms with van der Waals surface area (Å²) in [7, 11) is 0. The Labute approximate surface area is 94.0 Å². The molecule has 0 radical (unpaired) electrons. The Morgan fingerprint density at radius 3 is 2.60 bits per heavy atom. The van der Waals surface area contributed by atoms with Crippen molar-refractivity contribution in [2.24, 2.45) is 5.41 Å². The highest BCUT2D eigenvalue weighted by molar-refractivity contribution is 7.99. The minimum absolute atomic E-state index is 0.0547. The minimum atomic E-state index is -0.774. The molecular formula is C10H17NO3S. The number of rotatable bonds is 4. The molecule has 1 amide bonds. The van der Waals surface area contributed by atoms with E-state index in [9.17, 15) is 9.59 Å². The van der Waals surface area contributed by atoms with Crippen LogP contribution in [0.4, 0.5) is 0 Å². The predicted molar refractivity (Wildman–Crippen MR) is 59.9 cm³/mol. The molecule has 1 saturated heterocycles. The van der Waals surface area contributed by atoms with Crippen molar-refractivity contribution in [2.45, 2.75) is 19.8 Å². The van der Waals surface area contributed by atoms with Crippen molar-refractivity contribution in [3.8, 4) is 0 Å². The van der Waals surface area contributed by atoms with Gasteiger partial charge < -0.3 is 10.0 Å². The largest absolute Gasteiger partial charge is 0.481 e. The zero-order valence-electron chi connectivity index (χ0n) is 9.15. The molecule has 1 N–H and O–H groups in total. The second kappa shape index (κ2) is 4.88. The van der Waals surface area contributed by atoms with Crippen LogP contribution in [0.25, 0.3) is 0 Å². The van der Waals surface area contributed by atoms with Gasteiger partial charge in [0.2, 0.25) is 5.91 Å². The first kappa shape index (κ1) is 12.4. The fraction of sp³-hybridized carbons (Fsp3) is 0.800. The summed E-state index contributed by atoms with van der Waals surface area (Å²) in [6, 6.07) is 0. The summed E-state index contributed by atoms with van der Waals surface area (Å²) >= 11 is 1.47. The van der Waals surface area contributed by atoms with Gasteiger partial charge in [0.25, 0.3) is 0 Å². The van der Waals surface area contributed by atoms with Crippen LogP contribution < -0.4 is 0 Å². The molecular weight excluding hydrogens is 214 g/mol. The van der Waals surface area contributed by atoms with E-state index in [1.54, 1.807) is 4.90 Å². The smallest absolute Gasteiger partial charge is 0.311 e. The van der Waals surface area contributed by atoms with Crippen LogP contribution in [-0.2, 0) is 9.59 Å². The van der Waals surface area contributed by atoms with Gasteiger partial charge in [-0.15, -0.1) is 0 Å². The molecule has 0 aromatic heterocycles. The average Bonchev–Trinajstić information content (AvgIpc) is 2.63. The van der Waals surface area contributed by atoms with Gasteiger partial charge in [0.1, 0.15) is 0 Å². The third kappa shape index (κ3) is 2.45. The van der Waals surface area contributed by atoms with Crippen LogP contribution in [0, 0.1) is 5.41 Å². The monoisotopic (exact) mass is 231 g/mol. The fourth-order valence-electron chi connectivity index (χ4n) is 1.91. The van der Waals surface area contributed by atoms with E-state index in [2.05, 4.69) is 0 Å². The standard InChI is InChI=1S/C10H17NO3S/c1-3-10(9(13)14)4-5-11(7-10)8(12)6-15-2/h3-7H2,1-2H3,(H,13,14). The first-order chi connectivity index (χ1) is 7.05. The Kier molecular flexibility index (Phi) is 4.02. The maximum atomic E-state index is 11.6. The van der Waals surface area contributed by atoms with E-state index in [4.69, 9.17) is 5.11 Å². The number of nitrogens with zero attached hydrogens (tertiary/aromatic N) is 1. The topological polar surface area (TPSA) is 57.6 Å². The summed E-state index contributed by atoms with van der Waals surface area (Å²) in [6.07, 6.45) is 3.04. The van der Waals surface area contributed by atoms with Gasteiger partial charge in [0.05, 0.1) is 11.2 Å². The van der Waals surface area contributed by atoms with Gasteiger partial charge in [0, 0.05) is 13.1 Å². The summed E-state index contributed by atoms with van der Waals surface area (Å²) in [4.78, 5) is 24.4. The lowest BCUT2D eigenvalue weighted by atomic mass is 9.84. The minimum Gasteiger partial charge on any atom is -0.481 e. The van der Waals surface area contributed by atoms with E-state index in [0.29, 0.717) is 31.7 Å². The number of hydrogen-bond donors (Lipinski definition) is 1. The quantitative estimate of drug-likeness (QED) is 0.786. The van der Waals surface area contributed by atoms with E-state index in [1.807, 2.05) is 13.2 Å².